The standard InChI is InChI=1S/C19H29N3O3S.ClH/c1-13-5-7-17(8-6-13)26(24,25)21-10-9-18(23)22-19-14-3-2-4-15(19)12-16(20)11-14;/h5-8,14-16,19,21H,2-4,9-12,20H2,1H3,(H,22,23);1H. The first kappa shape index (κ1) is 22.1. The van der Waals surface area contributed by atoms with Gasteiger partial charge in [0.1, 0.15) is 0 Å². The number of hydrogen-bond donors (Lipinski definition) is 3. The van der Waals surface area contributed by atoms with Gasteiger partial charge >= 0.3 is 0 Å². The molecule has 0 aromatic heterocycles. The van der Waals surface area contributed by atoms with E-state index < -0.39 is 10.0 Å². The Morgan fingerprint density at radius 1 is 1.15 bits per heavy atom. The Labute approximate surface area is 168 Å². The second kappa shape index (κ2) is 9.37. The Bertz CT molecular complexity index is 725. The number of halogens is 1. The summed E-state index contributed by atoms with van der Waals surface area (Å²) in [4.78, 5) is 12.5. The molecular formula is C19H30ClN3O3S. The van der Waals surface area contributed by atoms with Gasteiger partial charge in [-0.3, -0.25) is 4.79 Å². The van der Waals surface area contributed by atoms with E-state index in [2.05, 4.69) is 10.0 Å². The maximum atomic E-state index is 12.3. The number of sulfonamides is 1. The number of rotatable bonds is 6. The van der Waals surface area contributed by atoms with E-state index >= 15 is 0 Å². The number of carbonyl (C=O) groups excluding carboxylic acids is 1. The largest absolute Gasteiger partial charge is 0.353 e. The van der Waals surface area contributed by atoms with E-state index in [1.54, 1.807) is 24.3 Å². The Morgan fingerprint density at radius 3 is 2.33 bits per heavy atom. The average molecular weight is 416 g/mol. The number of hydrogen-bond acceptors (Lipinski definition) is 4. The molecule has 2 fully saturated rings. The zero-order valence-electron chi connectivity index (χ0n) is 15.7. The van der Waals surface area contributed by atoms with E-state index in [-0.39, 0.29) is 48.3 Å². The monoisotopic (exact) mass is 415 g/mol. The van der Waals surface area contributed by atoms with E-state index in [9.17, 15) is 13.2 Å². The molecule has 2 saturated carbocycles. The third kappa shape index (κ3) is 5.67. The summed E-state index contributed by atoms with van der Waals surface area (Å²) in [6.45, 7) is 2.01. The minimum atomic E-state index is -3.57. The van der Waals surface area contributed by atoms with Gasteiger partial charge in [0.05, 0.1) is 4.90 Å². The van der Waals surface area contributed by atoms with Gasteiger partial charge in [0.2, 0.25) is 15.9 Å². The molecule has 4 N–H and O–H groups in total. The fraction of sp³-hybridized carbons (Fsp3) is 0.632. The highest BCUT2D eigenvalue weighted by atomic mass is 35.5. The van der Waals surface area contributed by atoms with Crippen LogP contribution in [0.5, 0.6) is 0 Å². The van der Waals surface area contributed by atoms with Crippen molar-refractivity contribution in [2.45, 2.75) is 62.4 Å². The predicted octanol–water partition coefficient (Wildman–Crippen LogP) is 2.11. The molecule has 2 atom stereocenters. The van der Waals surface area contributed by atoms with Gasteiger partial charge in [-0.15, -0.1) is 12.4 Å². The van der Waals surface area contributed by atoms with Gasteiger partial charge in [-0.2, -0.15) is 0 Å². The minimum absolute atomic E-state index is 0. The summed E-state index contributed by atoms with van der Waals surface area (Å²) in [6.07, 6.45) is 5.55. The molecule has 1 aromatic rings. The van der Waals surface area contributed by atoms with Crippen LogP contribution in [-0.4, -0.2) is 33.0 Å². The minimum Gasteiger partial charge on any atom is -0.353 e. The Kier molecular flexibility index (Phi) is 7.68. The molecule has 152 valence electrons. The predicted molar refractivity (Wildman–Crippen MR) is 108 cm³/mol. The van der Waals surface area contributed by atoms with Crippen LogP contribution >= 0.6 is 12.4 Å². The lowest BCUT2D eigenvalue weighted by Gasteiger charge is -2.45. The molecule has 3 rings (SSSR count). The summed E-state index contributed by atoms with van der Waals surface area (Å²) in [7, 11) is -3.57. The summed E-state index contributed by atoms with van der Waals surface area (Å²) in [5.41, 5.74) is 7.12. The molecule has 1 amide bonds. The van der Waals surface area contributed by atoms with E-state index in [1.807, 2.05) is 6.92 Å². The van der Waals surface area contributed by atoms with Crippen molar-refractivity contribution in [2.24, 2.45) is 17.6 Å². The zero-order valence-corrected chi connectivity index (χ0v) is 17.3. The fourth-order valence-corrected chi connectivity index (χ4v) is 5.41. The number of aryl methyl sites for hydroxylation is 1. The summed E-state index contributed by atoms with van der Waals surface area (Å²) in [5.74, 6) is 0.838. The maximum Gasteiger partial charge on any atom is 0.240 e. The van der Waals surface area contributed by atoms with Crippen molar-refractivity contribution in [3.63, 3.8) is 0 Å². The van der Waals surface area contributed by atoms with Crippen molar-refractivity contribution in [3.05, 3.63) is 29.8 Å². The summed E-state index contributed by atoms with van der Waals surface area (Å²) >= 11 is 0. The van der Waals surface area contributed by atoms with Crippen LogP contribution in [0.3, 0.4) is 0 Å². The number of amides is 1. The maximum absolute atomic E-state index is 12.3. The molecule has 0 saturated heterocycles. The highest BCUT2D eigenvalue weighted by molar-refractivity contribution is 7.89. The fourth-order valence-electron chi connectivity index (χ4n) is 4.38. The first-order chi connectivity index (χ1) is 12.3. The molecule has 0 aliphatic heterocycles. The van der Waals surface area contributed by atoms with Gasteiger partial charge in [0.15, 0.2) is 0 Å². The topological polar surface area (TPSA) is 101 Å². The Morgan fingerprint density at radius 2 is 1.74 bits per heavy atom. The SMILES string of the molecule is Cc1ccc(S(=O)(=O)NCCC(=O)NC2C3CCCC2CC(N)C3)cc1.Cl. The van der Waals surface area contributed by atoms with Crippen LogP contribution in [-0.2, 0) is 14.8 Å². The van der Waals surface area contributed by atoms with Gasteiger partial charge in [0, 0.05) is 25.0 Å². The number of carbonyl (C=O) groups is 1. The van der Waals surface area contributed by atoms with Crippen LogP contribution < -0.4 is 15.8 Å². The summed E-state index contributed by atoms with van der Waals surface area (Å²) in [5, 5.41) is 3.15. The van der Waals surface area contributed by atoms with Crippen LogP contribution in [0, 0.1) is 18.8 Å². The summed E-state index contributed by atoms with van der Waals surface area (Å²) < 4.78 is 27.0. The highest BCUT2D eigenvalue weighted by Crippen LogP contribution is 2.39. The number of nitrogens with one attached hydrogen (secondary N) is 2. The molecule has 27 heavy (non-hydrogen) atoms. The Balaban J connectivity index is 0.00000261. The molecule has 6 nitrogen and oxygen atoms in total. The smallest absolute Gasteiger partial charge is 0.240 e. The highest BCUT2D eigenvalue weighted by Gasteiger charge is 2.39. The van der Waals surface area contributed by atoms with Crippen molar-refractivity contribution in [1.29, 1.82) is 0 Å². The number of fused-ring (bicyclic) bond motifs is 2. The van der Waals surface area contributed by atoms with Crippen LogP contribution in [0.2, 0.25) is 0 Å². The third-order valence-electron chi connectivity index (χ3n) is 5.68. The van der Waals surface area contributed by atoms with Crippen molar-refractivity contribution >= 4 is 28.3 Å². The van der Waals surface area contributed by atoms with Crippen molar-refractivity contribution in [3.8, 4) is 0 Å². The van der Waals surface area contributed by atoms with Gasteiger partial charge in [0.25, 0.3) is 0 Å². The van der Waals surface area contributed by atoms with Gasteiger partial charge < -0.3 is 11.1 Å². The normalized spacial score (nSPS) is 27.5. The lowest BCUT2D eigenvalue weighted by molar-refractivity contribution is -0.123. The molecular weight excluding hydrogens is 386 g/mol. The van der Waals surface area contributed by atoms with Crippen molar-refractivity contribution < 1.29 is 13.2 Å². The number of benzene rings is 1. The molecule has 2 bridgehead atoms. The molecule has 0 heterocycles. The lowest BCUT2D eigenvalue weighted by Crippen LogP contribution is -2.54. The third-order valence-corrected chi connectivity index (χ3v) is 7.16. The second-order valence-electron chi connectivity index (χ2n) is 7.74. The van der Waals surface area contributed by atoms with Crippen molar-refractivity contribution in [2.75, 3.05) is 6.54 Å². The quantitative estimate of drug-likeness (QED) is 0.662. The van der Waals surface area contributed by atoms with Crippen LogP contribution in [0.4, 0.5) is 0 Å². The van der Waals surface area contributed by atoms with E-state index in [0.29, 0.717) is 11.8 Å². The second-order valence-corrected chi connectivity index (χ2v) is 9.50. The number of nitrogens with two attached hydrogens (primary N) is 1. The van der Waals surface area contributed by atoms with Crippen LogP contribution in [0.15, 0.2) is 29.2 Å². The van der Waals surface area contributed by atoms with Crippen LogP contribution in [0.25, 0.3) is 0 Å². The van der Waals surface area contributed by atoms with E-state index in [4.69, 9.17) is 5.73 Å². The Hall–Kier alpha value is -1.15. The van der Waals surface area contributed by atoms with Crippen molar-refractivity contribution in [1.82, 2.24) is 10.0 Å². The molecule has 2 aliphatic rings. The van der Waals surface area contributed by atoms with E-state index in [0.717, 1.165) is 31.2 Å². The van der Waals surface area contributed by atoms with Crippen LogP contribution in [0.1, 0.15) is 44.1 Å². The lowest BCUT2D eigenvalue weighted by atomic mass is 9.67. The molecule has 0 spiro atoms. The molecule has 8 heteroatoms. The van der Waals surface area contributed by atoms with Gasteiger partial charge in [-0.05, 0) is 56.6 Å². The molecule has 2 unspecified atom stereocenters. The van der Waals surface area contributed by atoms with Gasteiger partial charge in [-0.1, -0.05) is 24.1 Å². The zero-order chi connectivity index (χ0) is 18.7. The first-order valence-electron chi connectivity index (χ1n) is 9.46. The molecule has 1 aromatic carbocycles. The average Bonchev–Trinajstić information content (AvgIpc) is 2.56. The van der Waals surface area contributed by atoms with Gasteiger partial charge in [-0.25, -0.2) is 13.1 Å². The summed E-state index contributed by atoms with van der Waals surface area (Å²) in [6, 6.07) is 7.11. The molecule has 0 radical (unpaired) electrons. The van der Waals surface area contributed by atoms with E-state index in [1.165, 1.54) is 6.42 Å². The molecule has 2 aliphatic carbocycles. The first-order valence-corrected chi connectivity index (χ1v) is 10.9.